The van der Waals surface area contributed by atoms with Crippen LogP contribution in [0.3, 0.4) is 0 Å². The van der Waals surface area contributed by atoms with Crippen LogP contribution in [0.1, 0.15) is 22.8 Å². The van der Waals surface area contributed by atoms with E-state index >= 15 is 0 Å². The van der Waals surface area contributed by atoms with Gasteiger partial charge in [-0.2, -0.15) is 0 Å². The Bertz CT molecular complexity index is 663. The summed E-state index contributed by atoms with van der Waals surface area (Å²) in [7, 11) is 0. The first kappa shape index (κ1) is 14.3. The Morgan fingerprint density at radius 2 is 1.95 bits per heavy atom. The quantitative estimate of drug-likeness (QED) is 0.859. The van der Waals surface area contributed by atoms with E-state index in [1.807, 2.05) is 43.3 Å². The smallest absolute Gasteiger partial charge is 0.339 e. The van der Waals surface area contributed by atoms with Gasteiger partial charge in [0.15, 0.2) is 0 Å². The predicted octanol–water partition coefficient (Wildman–Crippen LogP) is 4.97. The van der Waals surface area contributed by atoms with E-state index in [9.17, 15) is 9.90 Å². The number of allylic oxidation sites excluding steroid dienone is 1. The zero-order valence-corrected chi connectivity index (χ0v) is 12.4. The van der Waals surface area contributed by atoms with E-state index < -0.39 is 5.97 Å². The second-order valence-electron chi connectivity index (χ2n) is 4.09. The van der Waals surface area contributed by atoms with Gasteiger partial charge < -0.3 is 9.84 Å². The van der Waals surface area contributed by atoms with Crippen LogP contribution >= 0.6 is 15.9 Å². The van der Waals surface area contributed by atoms with Crippen LogP contribution < -0.4 is 4.74 Å². The van der Waals surface area contributed by atoms with Gasteiger partial charge in [0.25, 0.3) is 0 Å². The van der Waals surface area contributed by atoms with E-state index in [-0.39, 0.29) is 5.56 Å². The molecule has 1 N–H and O–H groups in total. The zero-order chi connectivity index (χ0) is 14.5. The minimum atomic E-state index is -1.02. The summed E-state index contributed by atoms with van der Waals surface area (Å²) < 4.78 is 6.54. The molecule has 2 rings (SSSR count). The van der Waals surface area contributed by atoms with Crippen LogP contribution in [0.4, 0.5) is 0 Å². The largest absolute Gasteiger partial charge is 0.478 e. The maximum Gasteiger partial charge on any atom is 0.339 e. The summed E-state index contributed by atoms with van der Waals surface area (Å²) in [5.74, 6) is -0.0916. The normalized spacial score (nSPS) is 10.7. The monoisotopic (exact) mass is 332 g/mol. The summed E-state index contributed by atoms with van der Waals surface area (Å²) in [6.45, 7) is 1.92. The summed E-state index contributed by atoms with van der Waals surface area (Å²) in [5, 5.41) is 9.20. The molecule has 0 unspecified atom stereocenters. The van der Waals surface area contributed by atoms with Gasteiger partial charge in [0.2, 0.25) is 0 Å². The van der Waals surface area contributed by atoms with Crippen LogP contribution in [0, 0.1) is 0 Å². The van der Waals surface area contributed by atoms with Gasteiger partial charge in [0.05, 0.1) is 0 Å². The Morgan fingerprint density at radius 1 is 1.20 bits per heavy atom. The van der Waals surface area contributed by atoms with E-state index in [4.69, 9.17) is 4.74 Å². The highest BCUT2D eigenvalue weighted by atomic mass is 79.9. The number of carboxylic acids is 1. The molecule has 0 aliphatic carbocycles. The number of carboxylic acid groups (broad SMARTS) is 1. The number of benzene rings is 2. The maximum atomic E-state index is 11.2. The number of para-hydroxylation sites is 1. The van der Waals surface area contributed by atoms with Crippen molar-refractivity contribution in [3.8, 4) is 11.5 Å². The average molecular weight is 333 g/mol. The first-order valence-electron chi connectivity index (χ1n) is 6.04. The molecule has 20 heavy (non-hydrogen) atoms. The van der Waals surface area contributed by atoms with Crippen molar-refractivity contribution in [3.05, 3.63) is 64.1 Å². The lowest BCUT2D eigenvalue weighted by Gasteiger charge is -2.11. The van der Waals surface area contributed by atoms with E-state index in [1.165, 1.54) is 6.07 Å². The summed E-state index contributed by atoms with van der Waals surface area (Å²) in [6.07, 6.45) is 3.81. The molecule has 0 aromatic heterocycles. The molecule has 102 valence electrons. The van der Waals surface area contributed by atoms with Crippen LogP contribution in [0.2, 0.25) is 0 Å². The predicted molar refractivity (Wildman–Crippen MR) is 82.3 cm³/mol. The third kappa shape index (κ3) is 3.27. The molecule has 2 aromatic carbocycles. The van der Waals surface area contributed by atoms with E-state index in [2.05, 4.69) is 15.9 Å². The van der Waals surface area contributed by atoms with Crippen molar-refractivity contribution >= 4 is 28.0 Å². The number of halogens is 1. The lowest BCUT2D eigenvalue weighted by Crippen LogP contribution is -2.00. The third-order valence-electron chi connectivity index (χ3n) is 2.66. The lowest BCUT2D eigenvalue weighted by atomic mass is 10.1. The molecule has 0 atom stereocenters. The molecule has 0 saturated heterocycles. The van der Waals surface area contributed by atoms with Crippen molar-refractivity contribution in [2.45, 2.75) is 6.92 Å². The fourth-order valence-corrected chi connectivity index (χ4v) is 2.11. The topological polar surface area (TPSA) is 46.5 Å². The summed E-state index contributed by atoms with van der Waals surface area (Å²) in [5.41, 5.74) is 1.02. The van der Waals surface area contributed by atoms with Crippen molar-refractivity contribution in [2.24, 2.45) is 0 Å². The minimum absolute atomic E-state index is 0.128. The van der Waals surface area contributed by atoms with Crippen molar-refractivity contribution in [2.75, 3.05) is 0 Å². The van der Waals surface area contributed by atoms with Crippen molar-refractivity contribution in [1.82, 2.24) is 0 Å². The van der Waals surface area contributed by atoms with Crippen LogP contribution in [-0.4, -0.2) is 11.1 Å². The molecule has 0 radical (unpaired) electrons. The number of ether oxygens (including phenoxy) is 1. The fraction of sp³-hybridized carbons (Fsp3) is 0.0625. The van der Waals surface area contributed by atoms with Gasteiger partial charge in [-0.05, 0) is 31.2 Å². The SMILES string of the molecule is C/C=C/c1ccccc1Oc1cc(Br)ccc1C(=O)O. The molecular weight excluding hydrogens is 320 g/mol. The van der Waals surface area contributed by atoms with E-state index in [0.29, 0.717) is 11.5 Å². The first-order chi connectivity index (χ1) is 9.61. The number of hydrogen-bond donors (Lipinski definition) is 1. The van der Waals surface area contributed by atoms with Gasteiger partial charge >= 0.3 is 5.97 Å². The van der Waals surface area contributed by atoms with Gasteiger partial charge in [-0.15, -0.1) is 0 Å². The maximum absolute atomic E-state index is 11.2. The van der Waals surface area contributed by atoms with E-state index in [1.54, 1.807) is 12.1 Å². The summed E-state index contributed by atoms with van der Waals surface area (Å²) >= 11 is 3.32. The van der Waals surface area contributed by atoms with Crippen LogP contribution in [-0.2, 0) is 0 Å². The fourth-order valence-electron chi connectivity index (χ4n) is 1.77. The van der Waals surface area contributed by atoms with E-state index in [0.717, 1.165) is 10.0 Å². The molecule has 3 nitrogen and oxygen atoms in total. The van der Waals surface area contributed by atoms with Crippen LogP contribution in [0.25, 0.3) is 6.08 Å². The standard InChI is InChI=1S/C16H13BrO3/c1-2-5-11-6-3-4-7-14(11)20-15-10-12(17)8-9-13(15)16(18)19/h2-10H,1H3,(H,18,19)/b5-2+. The lowest BCUT2D eigenvalue weighted by molar-refractivity contribution is 0.0694. The zero-order valence-electron chi connectivity index (χ0n) is 10.8. The molecule has 0 bridgehead atoms. The van der Waals surface area contributed by atoms with Crippen molar-refractivity contribution < 1.29 is 14.6 Å². The Balaban J connectivity index is 2.44. The number of aromatic carboxylic acids is 1. The van der Waals surface area contributed by atoms with Crippen molar-refractivity contribution in [1.29, 1.82) is 0 Å². The highest BCUT2D eigenvalue weighted by molar-refractivity contribution is 9.10. The first-order valence-corrected chi connectivity index (χ1v) is 6.83. The molecular formula is C16H13BrO3. The van der Waals surface area contributed by atoms with Gasteiger partial charge in [-0.25, -0.2) is 4.79 Å². The Labute approximate surface area is 125 Å². The molecule has 0 amide bonds. The molecule has 0 heterocycles. The average Bonchev–Trinajstić information content (AvgIpc) is 2.41. The highest BCUT2D eigenvalue weighted by Crippen LogP contribution is 2.31. The van der Waals surface area contributed by atoms with Gasteiger partial charge in [0, 0.05) is 10.0 Å². The number of carbonyl (C=O) groups is 1. The second kappa shape index (κ2) is 6.39. The molecule has 0 aliphatic rings. The molecule has 4 heteroatoms. The van der Waals surface area contributed by atoms with Crippen LogP contribution in [0.15, 0.2) is 53.0 Å². The van der Waals surface area contributed by atoms with Gasteiger partial charge in [-0.3, -0.25) is 0 Å². The molecule has 2 aromatic rings. The Kier molecular flexibility index (Phi) is 4.58. The third-order valence-corrected chi connectivity index (χ3v) is 3.15. The second-order valence-corrected chi connectivity index (χ2v) is 5.00. The summed E-state index contributed by atoms with van der Waals surface area (Å²) in [6, 6.07) is 12.3. The van der Waals surface area contributed by atoms with Crippen molar-refractivity contribution in [3.63, 3.8) is 0 Å². The molecule has 0 fully saturated rings. The van der Waals surface area contributed by atoms with Gasteiger partial charge in [0.1, 0.15) is 17.1 Å². The molecule has 0 spiro atoms. The number of rotatable bonds is 4. The Morgan fingerprint density at radius 3 is 2.65 bits per heavy atom. The van der Waals surface area contributed by atoms with Gasteiger partial charge in [-0.1, -0.05) is 46.3 Å². The highest BCUT2D eigenvalue weighted by Gasteiger charge is 2.13. The summed E-state index contributed by atoms with van der Waals surface area (Å²) in [4.78, 5) is 11.2. The van der Waals surface area contributed by atoms with Crippen LogP contribution in [0.5, 0.6) is 11.5 Å². The molecule has 0 aliphatic heterocycles. The minimum Gasteiger partial charge on any atom is -0.478 e. The molecule has 0 saturated carbocycles. The number of hydrogen-bond acceptors (Lipinski definition) is 2. The Hall–Kier alpha value is -2.07.